The van der Waals surface area contributed by atoms with Crippen LogP contribution in [0.2, 0.25) is 5.02 Å². The van der Waals surface area contributed by atoms with Crippen LogP contribution in [-0.2, 0) is 0 Å². The number of hydrogen-bond acceptors (Lipinski definition) is 3. The maximum absolute atomic E-state index is 12.1. The number of rotatable bonds is 2. The standard InChI is InChI=1S/C12H15ClN2O2/c13-10-3-9(4-11(14)5-10)12(17)15-2-1-8(6-15)7-16/h3-5,8,16H,1-2,6-7,14H2. The molecule has 3 N–H and O–H groups in total. The van der Waals surface area contributed by atoms with Crippen LogP contribution in [0.3, 0.4) is 0 Å². The van der Waals surface area contributed by atoms with Crippen molar-refractivity contribution in [3.8, 4) is 0 Å². The number of nitrogens with zero attached hydrogens (tertiary/aromatic N) is 1. The highest BCUT2D eigenvalue weighted by molar-refractivity contribution is 6.31. The lowest BCUT2D eigenvalue weighted by atomic mass is 10.1. The number of anilines is 1. The topological polar surface area (TPSA) is 66.6 Å². The molecule has 1 aromatic carbocycles. The van der Waals surface area contributed by atoms with Crippen LogP contribution in [0.5, 0.6) is 0 Å². The summed E-state index contributed by atoms with van der Waals surface area (Å²) in [6, 6.07) is 4.85. The van der Waals surface area contributed by atoms with Crippen LogP contribution in [0.1, 0.15) is 16.8 Å². The third-order valence-corrected chi connectivity index (χ3v) is 3.22. The van der Waals surface area contributed by atoms with Crippen molar-refractivity contribution < 1.29 is 9.90 Å². The first-order valence-corrected chi connectivity index (χ1v) is 5.94. The van der Waals surface area contributed by atoms with Gasteiger partial charge in [0.05, 0.1) is 0 Å². The summed E-state index contributed by atoms with van der Waals surface area (Å²) < 4.78 is 0. The van der Waals surface area contributed by atoms with Gasteiger partial charge in [-0.3, -0.25) is 4.79 Å². The first-order valence-electron chi connectivity index (χ1n) is 5.56. The van der Waals surface area contributed by atoms with Gasteiger partial charge in [-0.05, 0) is 24.6 Å². The van der Waals surface area contributed by atoms with Crippen molar-refractivity contribution in [2.75, 3.05) is 25.4 Å². The summed E-state index contributed by atoms with van der Waals surface area (Å²) in [7, 11) is 0. The molecule has 1 heterocycles. The minimum atomic E-state index is -0.0739. The number of likely N-dealkylation sites (tertiary alicyclic amines) is 1. The Labute approximate surface area is 105 Å². The minimum Gasteiger partial charge on any atom is -0.399 e. The molecule has 1 atom stereocenters. The number of aliphatic hydroxyl groups is 1. The normalized spacial score (nSPS) is 19.6. The van der Waals surface area contributed by atoms with E-state index < -0.39 is 0 Å². The summed E-state index contributed by atoms with van der Waals surface area (Å²) in [5, 5.41) is 9.51. The van der Waals surface area contributed by atoms with Gasteiger partial charge in [0.25, 0.3) is 5.91 Å². The molecule has 0 aliphatic carbocycles. The first-order chi connectivity index (χ1) is 8.10. The minimum absolute atomic E-state index is 0.0739. The monoisotopic (exact) mass is 254 g/mol. The molecule has 1 aliphatic rings. The van der Waals surface area contributed by atoms with Gasteiger partial charge in [-0.25, -0.2) is 0 Å². The van der Waals surface area contributed by atoms with Gasteiger partial charge in [0.15, 0.2) is 0 Å². The fourth-order valence-electron chi connectivity index (χ4n) is 2.08. The Bertz CT molecular complexity index is 416. The van der Waals surface area contributed by atoms with E-state index in [-0.39, 0.29) is 18.4 Å². The Balaban J connectivity index is 2.14. The predicted octanol–water partition coefficient (Wildman–Crippen LogP) is 1.38. The van der Waals surface area contributed by atoms with Crippen molar-refractivity contribution in [1.82, 2.24) is 4.90 Å². The maximum Gasteiger partial charge on any atom is 0.253 e. The molecule has 0 radical (unpaired) electrons. The zero-order valence-electron chi connectivity index (χ0n) is 9.40. The van der Waals surface area contributed by atoms with Gasteiger partial charge >= 0.3 is 0 Å². The molecule has 1 unspecified atom stereocenters. The van der Waals surface area contributed by atoms with Crippen LogP contribution in [0, 0.1) is 5.92 Å². The van der Waals surface area contributed by atoms with Crippen molar-refractivity contribution in [2.24, 2.45) is 5.92 Å². The van der Waals surface area contributed by atoms with Crippen molar-refractivity contribution in [3.05, 3.63) is 28.8 Å². The second kappa shape index (κ2) is 4.94. The van der Waals surface area contributed by atoms with E-state index in [9.17, 15) is 4.79 Å². The molecular formula is C12H15ClN2O2. The predicted molar refractivity (Wildman–Crippen MR) is 67.0 cm³/mol. The molecule has 0 saturated carbocycles. The third-order valence-electron chi connectivity index (χ3n) is 3.00. The quantitative estimate of drug-likeness (QED) is 0.784. The zero-order chi connectivity index (χ0) is 12.4. The Kier molecular flexibility index (Phi) is 3.54. The molecule has 2 rings (SSSR count). The van der Waals surface area contributed by atoms with Gasteiger partial charge in [0.1, 0.15) is 0 Å². The van der Waals surface area contributed by atoms with E-state index in [0.717, 1.165) is 6.42 Å². The van der Waals surface area contributed by atoms with Gasteiger partial charge < -0.3 is 15.7 Å². The van der Waals surface area contributed by atoms with Gasteiger partial charge in [-0.15, -0.1) is 0 Å². The number of nitrogen functional groups attached to an aromatic ring is 1. The number of amides is 1. The summed E-state index contributed by atoms with van der Waals surface area (Å²) in [5.74, 6) is 0.116. The summed E-state index contributed by atoms with van der Waals surface area (Å²) >= 11 is 5.87. The number of hydrogen-bond donors (Lipinski definition) is 2. The summed E-state index contributed by atoms with van der Waals surface area (Å²) in [6.07, 6.45) is 0.846. The van der Waals surface area contributed by atoms with Crippen LogP contribution >= 0.6 is 11.6 Å². The van der Waals surface area contributed by atoms with Crippen molar-refractivity contribution in [2.45, 2.75) is 6.42 Å². The average molecular weight is 255 g/mol. The van der Waals surface area contributed by atoms with Crippen molar-refractivity contribution >= 4 is 23.2 Å². The van der Waals surface area contributed by atoms with E-state index in [4.69, 9.17) is 22.4 Å². The highest BCUT2D eigenvalue weighted by atomic mass is 35.5. The van der Waals surface area contributed by atoms with E-state index >= 15 is 0 Å². The van der Waals surface area contributed by atoms with Crippen LogP contribution in [0.15, 0.2) is 18.2 Å². The molecule has 5 heteroatoms. The number of nitrogens with two attached hydrogens (primary N) is 1. The van der Waals surface area contributed by atoms with Crippen LogP contribution in [-0.4, -0.2) is 35.6 Å². The van der Waals surface area contributed by atoms with Crippen LogP contribution < -0.4 is 5.73 Å². The fraction of sp³-hybridized carbons (Fsp3) is 0.417. The third kappa shape index (κ3) is 2.70. The number of aliphatic hydroxyl groups excluding tert-OH is 1. The van der Waals surface area contributed by atoms with Crippen LogP contribution in [0.4, 0.5) is 5.69 Å². The molecule has 17 heavy (non-hydrogen) atoms. The Hall–Kier alpha value is -1.26. The SMILES string of the molecule is Nc1cc(Cl)cc(C(=O)N2CCC(CO)C2)c1. The summed E-state index contributed by atoms with van der Waals surface area (Å²) in [4.78, 5) is 13.9. The smallest absolute Gasteiger partial charge is 0.253 e. The van der Waals surface area contributed by atoms with Crippen molar-refractivity contribution in [1.29, 1.82) is 0 Å². The molecule has 4 nitrogen and oxygen atoms in total. The lowest BCUT2D eigenvalue weighted by molar-refractivity contribution is 0.0782. The lowest BCUT2D eigenvalue weighted by Crippen LogP contribution is -2.29. The fourth-order valence-corrected chi connectivity index (χ4v) is 2.33. The van der Waals surface area contributed by atoms with E-state index in [0.29, 0.717) is 29.4 Å². The second-order valence-corrected chi connectivity index (χ2v) is 4.80. The van der Waals surface area contributed by atoms with Gasteiger partial charge in [-0.1, -0.05) is 11.6 Å². The summed E-state index contributed by atoms with van der Waals surface area (Å²) in [6.45, 7) is 1.40. The molecule has 0 bridgehead atoms. The van der Waals surface area contributed by atoms with Gasteiger partial charge in [0.2, 0.25) is 0 Å². The lowest BCUT2D eigenvalue weighted by Gasteiger charge is -2.16. The molecule has 1 aromatic rings. The molecule has 1 aliphatic heterocycles. The zero-order valence-corrected chi connectivity index (χ0v) is 10.2. The highest BCUT2D eigenvalue weighted by Crippen LogP contribution is 2.21. The largest absolute Gasteiger partial charge is 0.399 e. The number of carbonyl (C=O) groups is 1. The van der Waals surface area contributed by atoms with Crippen molar-refractivity contribution in [3.63, 3.8) is 0 Å². The Morgan fingerprint density at radius 3 is 2.88 bits per heavy atom. The van der Waals surface area contributed by atoms with E-state index in [1.807, 2.05) is 0 Å². The molecular weight excluding hydrogens is 240 g/mol. The maximum atomic E-state index is 12.1. The Morgan fingerprint density at radius 2 is 2.29 bits per heavy atom. The Morgan fingerprint density at radius 1 is 1.53 bits per heavy atom. The highest BCUT2D eigenvalue weighted by Gasteiger charge is 2.26. The molecule has 0 spiro atoms. The number of benzene rings is 1. The second-order valence-electron chi connectivity index (χ2n) is 4.36. The first kappa shape index (κ1) is 12.2. The molecule has 1 fully saturated rings. The van der Waals surface area contributed by atoms with E-state index in [2.05, 4.69) is 0 Å². The summed E-state index contributed by atoms with van der Waals surface area (Å²) in [5.41, 5.74) is 6.65. The van der Waals surface area contributed by atoms with E-state index in [1.54, 1.807) is 23.1 Å². The molecule has 0 aromatic heterocycles. The number of halogens is 1. The average Bonchev–Trinajstić information content (AvgIpc) is 2.75. The van der Waals surface area contributed by atoms with Gasteiger partial charge in [0, 0.05) is 41.9 Å². The molecule has 1 saturated heterocycles. The molecule has 1 amide bonds. The van der Waals surface area contributed by atoms with E-state index in [1.165, 1.54) is 0 Å². The number of carbonyl (C=O) groups excluding carboxylic acids is 1. The van der Waals surface area contributed by atoms with Gasteiger partial charge in [-0.2, -0.15) is 0 Å². The molecule has 92 valence electrons. The van der Waals surface area contributed by atoms with Crippen LogP contribution in [0.25, 0.3) is 0 Å².